The van der Waals surface area contributed by atoms with Gasteiger partial charge in [-0.25, -0.2) is 0 Å². The highest BCUT2D eigenvalue weighted by molar-refractivity contribution is 5.28. The third-order valence-corrected chi connectivity index (χ3v) is 2.83. The van der Waals surface area contributed by atoms with Crippen molar-refractivity contribution >= 4 is 0 Å². The Hall–Kier alpha value is -1.10. The molecule has 4 heteroatoms. The SMILES string of the molecule is CC(C)COc1ccc(C(C)NCC(O)CO)cc1. The van der Waals surface area contributed by atoms with Gasteiger partial charge in [0.2, 0.25) is 0 Å². The van der Waals surface area contributed by atoms with Crippen molar-refractivity contribution in [2.75, 3.05) is 19.8 Å². The van der Waals surface area contributed by atoms with Gasteiger partial charge in [0, 0.05) is 12.6 Å². The van der Waals surface area contributed by atoms with Gasteiger partial charge in [0.15, 0.2) is 0 Å². The van der Waals surface area contributed by atoms with E-state index in [9.17, 15) is 5.11 Å². The maximum absolute atomic E-state index is 9.29. The first kappa shape index (κ1) is 16.0. The molecule has 2 atom stereocenters. The van der Waals surface area contributed by atoms with E-state index < -0.39 is 6.10 Å². The molecule has 0 saturated carbocycles. The molecule has 19 heavy (non-hydrogen) atoms. The second kappa shape index (κ2) is 8.15. The van der Waals surface area contributed by atoms with Crippen LogP contribution in [-0.2, 0) is 0 Å². The van der Waals surface area contributed by atoms with Crippen LogP contribution in [0, 0.1) is 5.92 Å². The molecule has 2 unspecified atom stereocenters. The fourth-order valence-corrected chi connectivity index (χ4v) is 1.61. The van der Waals surface area contributed by atoms with E-state index in [4.69, 9.17) is 9.84 Å². The number of ether oxygens (including phenoxy) is 1. The molecule has 0 fully saturated rings. The Morgan fingerprint density at radius 1 is 1.16 bits per heavy atom. The summed E-state index contributed by atoms with van der Waals surface area (Å²) in [6.45, 7) is 7.13. The molecule has 0 aromatic heterocycles. The van der Waals surface area contributed by atoms with Gasteiger partial charge in [-0.3, -0.25) is 0 Å². The molecule has 0 aliphatic carbocycles. The first-order valence-corrected chi connectivity index (χ1v) is 6.78. The summed E-state index contributed by atoms with van der Waals surface area (Å²) < 4.78 is 5.62. The van der Waals surface area contributed by atoms with Crippen LogP contribution in [0.25, 0.3) is 0 Å². The van der Waals surface area contributed by atoms with Crippen LogP contribution in [0.4, 0.5) is 0 Å². The smallest absolute Gasteiger partial charge is 0.119 e. The van der Waals surface area contributed by atoms with Crippen molar-refractivity contribution in [2.45, 2.75) is 32.9 Å². The van der Waals surface area contributed by atoms with Crippen LogP contribution in [0.3, 0.4) is 0 Å². The molecule has 3 N–H and O–H groups in total. The number of nitrogens with one attached hydrogen (secondary N) is 1. The van der Waals surface area contributed by atoms with Gasteiger partial charge in [-0.05, 0) is 30.5 Å². The standard InChI is InChI=1S/C15H25NO3/c1-11(2)10-19-15-6-4-13(5-7-15)12(3)16-8-14(18)9-17/h4-7,11-12,14,16-18H,8-10H2,1-3H3. The molecular weight excluding hydrogens is 242 g/mol. The van der Waals surface area contributed by atoms with Crippen LogP contribution >= 0.6 is 0 Å². The van der Waals surface area contributed by atoms with Crippen molar-refractivity contribution in [2.24, 2.45) is 5.92 Å². The first-order valence-electron chi connectivity index (χ1n) is 6.78. The number of rotatable bonds is 8. The van der Waals surface area contributed by atoms with Crippen molar-refractivity contribution in [3.8, 4) is 5.75 Å². The normalized spacial score (nSPS) is 14.4. The molecular formula is C15H25NO3. The quantitative estimate of drug-likeness (QED) is 0.671. The molecule has 0 spiro atoms. The lowest BCUT2D eigenvalue weighted by atomic mass is 10.1. The lowest BCUT2D eigenvalue weighted by molar-refractivity contribution is 0.0924. The Morgan fingerprint density at radius 2 is 1.79 bits per heavy atom. The molecule has 0 radical (unpaired) electrons. The van der Waals surface area contributed by atoms with Gasteiger partial charge in [-0.15, -0.1) is 0 Å². The van der Waals surface area contributed by atoms with Gasteiger partial charge in [0.05, 0.1) is 19.3 Å². The summed E-state index contributed by atoms with van der Waals surface area (Å²) in [5.41, 5.74) is 1.13. The maximum Gasteiger partial charge on any atom is 0.119 e. The van der Waals surface area contributed by atoms with Crippen LogP contribution in [0.15, 0.2) is 24.3 Å². The Labute approximate surface area is 115 Å². The van der Waals surface area contributed by atoms with Gasteiger partial charge in [0.1, 0.15) is 5.75 Å². The van der Waals surface area contributed by atoms with Gasteiger partial charge < -0.3 is 20.3 Å². The number of hydrogen-bond donors (Lipinski definition) is 3. The van der Waals surface area contributed by atoms with Crippen molar-refractivity contribution in [3.05, 3.63) is 29.8 Å². The molecule has 1 rings (SSSR count). The van der Waals surface area contributed by atoms with Crippen molar-refractivity contribution in [1.29, 1.82) is 0 Å². The molecule has 0 aliphatic heterocycles. The topological polar surface area (TPSA) is 61.7 Å². The molecule has 108 valence electrons. The van der Waals surface area contributed by atoms with E-state index in [1.165, 1.54) is 0 Å². The molecule has 0 heterocycles. The Kier molecular flexibility index (Phi) is 6.84. The van der Waals surface area contributed by atoms with Crippen LogP contribution in [0.1, 0.15) is 32.4 Å². The average Bonchev–Trinajstić information content (AvgIpc) is 2.42. The summed E-state index contributed by atoms with van der Waals surface area (Å²) in [6.07, 6.45) is -0.712. The highest BCUT2D eigenvalue weighted by atomic mass is 16.5. The Balaban J connectivity index is 2.46. The van der Waals surface area contributed by atoms with E-state index in [0.29, 0.717) is 12.5 Å². The van der Waals surface area contributed by atoms with E-state index in [-0.39, 0.29) is 12.6 Å². The van der Waals surface area contributed by atoms with Crippen molar-refractivity contribution < 1.29 is 14.9 Å². The monoisotopic (exact) mass is 267 g/mol. The fourth-order valence-electron chi connectivity index (χ4n) is 1.61. The molecule has 0 aliphatic rings. The fraction of sp³-hybridized carbons (Fsp3) is 0.600. The number of aliphatic hydroxyl groups excluding tert-OH is 2. The highest BCUT2D eigenvalue weighted by Crippen LogP contribution is 2.18. The lowest BCUT2D eigenvalue weighted by Gasteiger charge is -2.17. The molecule has 0 bridgehead atoms. The predicted octanol–water partition coefficient (Wildman–Crippen LogP) is 1.73. The number of benzene rings is 1. The van der Waals surface area contributed by atoms with Gasteiger partial charge >= 0.3 is 0 Å². The van der Waals surface area contributed by atoms with E-state index in [2.05, 4.69) is 19.2 Å². The molecule has 0 amide bonds. The molecule has 1 aromatic rings. The minimum Gasteiger partial charge on any atom is -0.493 e. The zero-order valence-electron chi connectivity index (χ0n) is 12.0. The number of aliphatic hydroxyl groups is 2. The maximum atomic E-state index is 9.29. The van der Waals surface area contributed by atoms with E-state index in [1.54, 1.807) is 0 Å². The minimum absolute atomic E-state index is 0.125. The summed E-state index contributed by atoms with van der Waals surface area (Å²) in [6, 6.07) is 8.06. The molecule has 4 nitrogen and oxygen atoms in total. The second-order valence-electron chi connectivity index (χ2n) is 5.24. The zero-order valence-corrected chi connectivity index (χ0v) is 12.0. The Morgan fingerprint density at radius 3 is 2.32 bits per heavy atom. The van der Waals surface area contributed by atoms with Crippen LogP contribution in [0.2, 0.25) is 0 Å². The largest absolute Gasteiger partial charge is 0.493 e. The Bertz CT molecular complexity index is 351. The summed E-state index contributed by atoms with van der Waals surface area (Å²) in [4.78, 5) is 0. The summed E-state index contributed by atoms with van der Waals surface area (Å²) >= 11 is 0. The van der Waals surface area contributed by atoms with E-state index in [0.717, 1.165) is 17.9 Å². The van der Waals surface area contributed by atoms with Gasteiger partial charge in [0.25, 0.3) is 0 Å². The number of hydrogen-bond acceptors (Lipinski definition) is 4. The van der Waals surface area contributed by atoms with Crippen LogP contribution in [0.5, 0.6) is 5.75 Å². The summed E-state index contributed by atoms with van der Waals surface area (Å²) in [7, 11) is 0. The third-order valence-electron chi connectivity index (χ3n) is 2.83. The van der Waals surface area contributed by atoms with Gasteiger partial charge in [-0.1, -0.05) is 26.0 Å². The average molecular weight is 267 g/mol. The molecule has 0 saturated heterocycles. The van der Waals surface area contributed by atoms with Crippen LogP contribution < -0.4 is 10.1 Å². The first-order chi connectivity index (χ1) is 9.02. The summed E-state index contributed by atoms with van der Waals surface area (Å²) in [5, 5.41) is 21.2. The lowest BCUT2D eigenvalue weighted by Crippen LogP contribution is -2.31. The molecule has 1 aromatic carbocycles. The predicted molar refractivity (Wildman–Crippen MR) is 76.3 cm³/mol. The van der Waals surface area contributed by atoms with E-state index in [1.807, 2.05) is 31.2 Å². The van der Waals surface area contributed by atoms with E-state index >= 15 is 0 Å². The van der Waals surface area contributed by atoms with Crippen LogP contribution in [-0.4, -0.2) is 36.1 Å². The van der Waals surface area contributed by atoms with Gasteiger partial charge in [-0.2, -0.15) is 0 Å². The second-order valence-corrected chi connectivity index (χ2v) is 5.24. The zero-order chi connectivity index (χ0) is 14.3. The van der Waals surface area contributed by atoms with Crippen molar-refractivity contribution in [3.63, 3.8) is 0 Å². The summed E-state index contributed by atoms with van der Waals surface area (Å²) in [5.74, 6) is 1.39. The highest BCUT2D eigenvalue weighted by Gasteiger charge is 2.08. The third kappa shape index (κ3) is 6.05. The van der Waals surface area contributed by atoms with Crippen molar-refractivity contribution in [1.82, 2.24) is 5.32 Å². The minimum atomic E-state index is -0.712.